The lowest BCUT2D eigenvalue weighted by Crippen LogP contribution is -2.25. The first-order valence-electron chi connectivity index (χ1n) is 22.3. The normalized spacial score (nSPS) is 10.3. The van der Waals surface area contributed by atoms with Crippen molar-refractivity contribution in [2.45, 2.75) is 142 Å². The molecule has 2 heteroatoms. The van der Waals surface area contributed by atoms with E-state index in [-0.39, 0.29) is 0 Å². The molecule has 0 atom stereocenters. The number of nitriles is 1. The molecule has 0 aliphatic carbocycles. The molecule has 0 aromatic heterocycles. The molecule has 0 fully saturated rings. The molecule has 4 rings (SSSR count). The number of rotatable bonds is 23. The van der Waals surface area contributed by atoms with Crippen molar-refractivity contribution in [3.63, 3.8) is 0 Å². The molecule has 0 spiro atoms. The van der Waals surface area contributed by atoms with Crippen molar-refractivity contribution in [1.29, 1.82) is 5.26 Å². The molecule has 0 bridgehead atoms. The molecule has 0 aliphatic heterocycles. The summed E-state index contributed by atoms with van der Waals surface area (Å²) in [6.45, 7) is 6.89. The zero-order valence-electron chi connectivity index (χ0n) is 35.2. The topological polar surface area (TPSA) is 27.0 Å². The Morgan fingerprint density at radius 2 is 0.544 bits per heavy atom. The summed E-state index contributed by atoms with van der Waals surface area (Å²) < 4.78 is 0. The third-order valence-corrected chi connectivity index (χ3v) is 10.6. The Balaban J connectivity index is 1.25. The zero-order valence-corrected chi connectivity index (χ0v) is 35.2. The van der Waals surface area contributed by atoms with Gasteiger partial charge in [-0.3, -0.25) is 0 Å². The molecule has 0 saturated carbocycles. The average Bonchev–Trinajstić information content (AvgIpc) is 3.26. The second kappa shape index (κ2) is 28.3. The fourth-order valence-electron chi connectivity index (χ4n) is 7.04. The van der Waals surface area contributed by atoms with E-state index in [9.17, 15) is 0 Å². The number of unbranched alkanes of at least 4 members (excludes halogenated alkanes) is 18. The van der Waals surface area contributed by atoms with Crippen LogP contribution < -0.4 is 4.90 Å². The molecular formula is C55H66N2. The number of hydrogen-bond acceptors (Lipinski definition) is 2. The van der Waals surface area contributed by atoms with Gasteiger partial charge in [0.1, 0.15) is 0 Å². The summed E-state index contributed by atoms with van der Waals surface area (Å²) in [5, 5.41) is 8.97. The summed E-state index contributed by atoms with van der Waals surface area (Å²) in [5.74, 6) is 19.6. The van der Waals surface area contributed by atoms with Crippen LogP contribution in [0.5, 0.6) is 0 Å². The van der Waals surface area contributed by atoms with Gasteiger partial charge in [0.25, 0.3) is 0 Å². The molecule has 57 heavy (non-hydrogen) atoms. The minimum absolute atomic E-state index is 0.637. The summed E-state index contributed by atoms with van der Waals surface area (Å²) >= 11 is 0. The summed E-state index contributed by atoms with van der Waals surface area (Å²) in [5.41, 5.74) is 7.71. The van der Waals surface area contributed by atoms with Gasteiger partial charge in [0, 0.05) is 52.2 Å². The van der Waals surface area contributed by atoms with Gasteiger partial charge >= 0.3 is 0 Å². The maximum Gasteiger partial charge on any atom is 0.0991 e. The number of benzene rings is 4. The molecule has 4 aromatic carbocycles. The second-order valence-electron chi connectivity index (χ2n) is 15.5. The Hall–Kier alpha value is -5.15. The highest BCUT2D eigenvalue weighted by molar-refractivity contribution is 5.53. The van der Waals surface area contributed by atoms with E-state index in [4.69, 9.17) is 5.26 Å². The second-order valence-corrected chi connectivity index (χ2v) is 15.5. The van der Waals surface area contributed by atoms with Crippen LogP contribution in [0.15, 0.2) is 97.1 Å². The molecule has 0 N–H and O–H groups in total. The minimum Gasteiger partial charge on any atom is -0.372 e. The Labute approximate surface area is 347 Å². The van der Waals surface area contributed by atoms with Crippen LogP contribution in [-0.4, -0.2) is 13.1 Å². The Bertz CT molecular complexity index is 1880. The lowest BCUT2D eigenvalue weighted by molar-refractivity contribution is 0.543. The molecule has 0 saturated heterocycles. The first-order valence-corrected chi connectivity index (χ1v) is 22.3. The maximum atomic E-state index is 8.97. The summed E-state index contributed by atoms with van der Waals surface area (Å²) in [4.78, 5) is 2.63. The van der Waals surface area contributed by atoms with Crippen LogP contribution in [0.2, 0.25) is 0 Å². The van der Waals surface area contributed by atoms with E-state index < -0.39 is 0 Å². The smallest absolute Gasteiger partial charge is 0.0991 e. The molecule has 4 aromatic rings. The third-order valence-electron chi connectivity index (χ3n) is 10.6. The van der Waals surface area contributed by atoms with Crippen LogP contribution in [0.3, 0.4) is 0 Å². The zero-order chi connectivity index (χ0) is 40.0. The SMILES string of the molecule is CCCCCCCCCCCCN(CCCCCCCCCCCC)c1ccc(C#Cc2ccc(C#Cc3ccc(C#Cc4ccc(C#N)cc4)cc3)cc2)cc1. The maximum absolute atomic E-state index is 8.97. The quantitative estimate of drug-likeness (QED) is 0.0557. The van der Waals surface area contributed by atoms with Gasteiger partial charge < -0.3 is 4.90 Å². The van der Waals surface area contributed by atoms with Crippen molar-refractivity contribution in [2.75, 3.05) is 18.0 Å². The number of nitrogens with zero attached hydrogens (tertiary/aromatic N) is 2. The Kier molecular flexibility index (Phi) is 22.1. The standard InChI is InChI=1S/C55H66N2/c1-3-5-7-9-11-13-15-17-19-21-45-57(46-22-20-18-16-14-12-10-8-6-4-2)55-43-41-53(42-44-55)36-35-51-31-29-49(30-32-51)24-23-48-25-27-50(28-26-48)33-34-52-37-39-54(47-56)40-38-52/h25-32,37-44H,3-22,45-46H2,1-2H3. The third kappa shape index (κ3) is 19.0. The lowest BCUT2D eigenvalue weighted by atomic mass is 10.1. The van der Waals surface area contributed by atoms with Gasteiger partial charge in [0.15, 0.2) is 0 Å². The van der Waals surface area contributed by atoms with Crippen LogP contribution in [0, 0.1) is 46.9 Å². The van der Waals surface area contributed by atoms with Crippen molar-refractivity contribution in [3.05, 3.63) is 136 Å². The predicted molar refractivity (Wildman–Crippen MR) is 244 cm³/mol. The van der Waals surface area contributed by atoms with Gasteiger partial charge in [0.2, 0.25) is 0 Å². The molecule has 0 unspecified atom stereocenters. The molecule has 0 aliphatic rings. The van der Waals surface area contributed by atoms with E-state index in [1.165, 1.54) is 134 Å². The van der Waals surface area contributed by atoms with Crippen LogP contribution in [0.1, 0.15) is 181 Å². The van der Waals surface area contributed by atoms with E-state index in [0.29, 0.717) is 5.56 Å². The van der Waals surface area contributed by atoms with Crippen LogP contribution in [0.25, 0.3) is 0 Å². The van der Waals surface area contributed by atoms with Gasteiger partial charge in [-0.05, 0) is 110 Å². The van der Waals surface area contributed by atoms with E-state index in [1.807, 2.05) is 60.7 Å². The van der Waals surface area contributed by atoms with Gasteiger partial charge in [-0.15, -0.1) is 0 Å². The fraction of sp³-hybridized carbons (Fsp3) is 0.436. The van der Waals surface area contributed by atoms with Crippen molar-refractivity contribution in [1.82, 2.24) is 0 Å². The number of anilines is 1. The van der Waals surface area contributed by atoms with Gasteiger partial charge in [-0.1, -0.05) is 165 Å². The Morgan fingerprint density at radius 1 is 0.316 bits per heavy atom. The highest BCUT2D eigenvalue weighted by Gasteiger charge is 2.07. The summed E-state index contributed by atoms with van der Waals surface area (Å²) in [6, 6.07) is 34.5. The van der Waals surface area contributed by atoms with Crippen molar-refractivity contribution in [3.8, 4) is 41.6 Å². The highest BCUT2D eigenvalue weighted by atomic mass is 15.1. The van der Waals surface area contributed by atoms with Crippen molar-refractivity contribution in [2.24, 2.45) is 0 Å². The molecule has 0 amide bonds. The van der Waals surface area contributed by atoms with Crippen molar-refractivity contribution < 1.29 is 0 Å². The van der Waals surface area contributed by atoms with Gasteiger partial charge in [-0.25, -0.2) is 0 Å². The monoisotopic (exact) mass is 755 g/mol. The largest absolute Gasteiger partial charge is 0.372 e. The van der Waals surface area contributed by atoms with E-state index in [2.05, 4.69) is 84.6 Å². The minimum atomic E-state index is 0.637. The molecular weight excluding hydrogens is 689 g/mol. The van der Waals surface area contributed by atoms with Gasteiger partial charge in [0.05, 0.1) is 11.6 Å². The van der Waals surface area contributed by atoms with E-state index in [1.54, 1.807) is 12.1 Å². The predicted octanol–water partition coefficient (Wildman–Crippen LogP) is 14.4. The van der Waals surface area contributed by atoms with Crippen LogP contribution in [-0.2, 0) is 0 Å². The molecule has 296 valence electrons. The fourth-order valence-corrected chi connectivity index (χ4v) is 7.04. The highest BCUT2D eigenvalue weighted by Crippen LogP contribution is 2.19. The van der Waals surface area contributed by atoms with Crippen LogP contribution in [0.4, 0.5) is 5.69 Å². The van der Waals surface area contributed by atoms with E-state index >= 15 is 0 Å². The molecule has 0 heterocycles. The van der Waals surface area contributed by atoms with Crippen molar-refractivity contribution >= 4 is 5.69 Å². The Morgan fingerprint density at radius 3 is 0.807 bits per heavy atom. The molecule has 2 nitrogen and oxygen atoms in total. The number of hydrogen-bond donors (Lipinski definition) is 0. The summed E-state index contributed by atoms with van der Waals surface area (Å²) in [7, 11) is 0. The first kappa shape index (κ1) is 44.6. The van der Waals surface area contributed by atoms with E-state index in [0.717, 1.165) is 46.5 Å². The summed E-state index contributed by atoms with van der Waals surface area (Å²) in [6.07, 6.45) is 27.5. The molecule has 0 radical (unpaired) electrons. The average molecular weight is 755 g/mol. The van der Waals surface area contributed by atoms with Gasteiger partial charge in [-0.2, -0.15) is 5.26 Å². The van der Waals surface area contributed by atoms with Crippen LogP contribution >= 0.6 is 0 Å². The lowest BCUT2D eigenvalue weighted by Gasteiger charge is -2.25. The first-order chi connectivity index (χ1) is 28.2.